The predicted octanol–water partition coefficient (Wildman–Crippen LogP) is 6.15. The highest BCUT2D eigenvalue weighted by Crippen LogP contribution is 2.38. The van der Waals surface area contributed by atoms with Crippen molar-refractivity contribution in [3.63, 3.8) is 0 Å². The monoisotopic (exact) mass is 687 g/mol. The highest BCUT2D eigenvalue weighted by molar-refractivity contribution is 7.10. The standard InChI is InChI=1S/C34H26ClN3O7S2/c1-3-44-33(40)28-29(22-8-5-4-6-9-22)36-34-37(30(28)26-10-7-15-46-26)32(39)27(47-34)18-21-16-24(35)31(25(17-21)43-2)45-19-20-11-13-23(14-12-20)38(41)42/h4-18,30H,3,19H2,1-2H3/b27-18-/t30-/m0/s1. The molecule has 0 N–H and O–H groups in total. The maximum absolute atomic E-state index is 14.1. The SMILES string of the molecule is CCOC(=O)C1=C(c2ccccc2)N=c2s/c(=C\c3cc(Cl)c(OCc4ccc([N+](=O)[O-])cc4)c(OC)c3)c(=O)n2[C@H]1c1cccs1. The number of methoxy groups -OCH3 is 1. The van der Waals surface area contributed by atoms with E-state index in [9.17, 15) is 19.7 Å². The number of carbonyl (C=O) groups is 1. The molecule has 238 valence electrons. The predicted molar refractivity (Wildman–Crippen MR) is 181 cm³/mol. The largest absolute Gasteiger partial charge is 0.493 e. The third-order valence-electron chi connectivity index (χ3n) is 7.27. The van der Waals surface area contributed by atoms with Gasteiger partial charge < -0.3 is 14.2 Å². The van der Waals surface area contributed by atoms with E-state index in [0.29, 0.717) is 37.5 Å². The number of nitrogens with zero attached hydrogens (tertiary/aromatic N) is 3. The number of aromatic nitrogens is 1. The van der Waals surface area contributed by atoms with Crippen molar-refractivity contribution in [2.75, 3.05) is 13.7 Å². The van der Waals surface area contributed by atoms with Crippen molar-refractivity contribution in [3.8, 4) is 11.5 Å². The summed E-state index contributed by atoms with van der Waals surface area (Å²) >= 11 is 9.28. The van der Waals surface area contributed by atoms with Gasteiger partial charge in [0, 0.05) is 22.6 Å². The molecule has 0 saturated heterocycles. The van der Waals surface area contributed by atoms with Gasteiger partial charge in [0.2, 0.25) is 0 Å². The summed E-state index contributed by atoms with van der Waals surface area (Å²) < 4.78 is 18.9. The van der Waals surface area contributed by atoms with Crippen LogP contribution in [-0.4, -0.2) is 29.2 Å². The van der Waals surface area contributed by atoms with Crippen molar-refractivity contribution in [3.05, 3.63) is 146 Å². The number of esters is 1. The Morgan fingerprint density at radius 1 is 1.11 bits per heavy atom. The first-order valence-corrected chi connectivity index (χ1v) is 16.4. The normalized spacial score (nSPS) is 14.4. The van der Waals surface area contributed by atoms with Gasteiger partial charge in [0.25, 0.3) is 11.2 Å². The van der Waals surface area contributed by atoms with Gasteiger partial charge in [0.15, 0.2) is 16.3 Å². The van der Waals surface area contributed by atoms with Gasteiger partial charge in [0.1, 0.15) is 12.6 Å². The molecule has 6 rings (SSSR count). The summed E-state index contributed by atoms with van der Waals surface area (Å²) in [4.78, 5) is 44.2. The third kappa shape index (κ3) is 6.48. The number of thiophene rings is 1. The van der Waals surface area contributed by atoms with Gasteiger partial charge in [-0.2, -0.15) is 0 Å². The fourth-order valence-corrected chi connectivity index (χ4v) is 7.24. The molecular formula is C34H26ClN3O7S2. The van der Waals surface area contributed by atoms with Gasteiger partial charge in [-0.05, 0) is 59.8 Å². The van der Waals surface area contributed by atoms with Crippen LogP contribution in [0.5, 0.6) is 11.5 Å². The number of carbonyl (C=O) groups excluding carboxylic acids is 1. The van der Waals surface area contributed by atoms with E-state index in [-0.39, 0.29) is 35.2 Å². The molecule has 1 aliphatic rings. The molecule has 0 unspecified atom stereocenters. The van der Waals surface area contributed by atoms with Gasteiger partial charge in [0.05, 0.1) is 39.5 Å². The van der Waals surface area contributed by atoms with E-state index in [0.717, 1.165) is 10.4 Å². The van der Waals surface area contributed by atoms with E-state index < -0.39 is 16.9 Å². The van der Waals surface area contributed by atoms with E-state index in [1.54, 1.807) is 41.8 Å². The van der Waals surface area contributed by atoms with E-state index in [1.165, 1.54) is 41.9 Å². The number of thiazole rings is 1. The molecule has 0 bridgehead atoms. The Morgan fingerprint density at radius 3 is 2.53 bits per heavy atom. The average molecular weight is 688 g/mol. The average Bonchev–Trinajstić information content (AvgIpc) is 3.72. The molecule has 0 fully saturated rings. The van der Waals surface area contributed by atoms with E-state index in [1.807, 2.05) is 47.8 Å². The number of rotatable bonds is 10. The first-order valence-electron chi connectivity index (χ1n) is 14.3. The number of hydrogen-bond acceptors (Lipinski definition) is 10. The quantitative estimate of drug-likeness (QED) is 0.0981. The molecule has 0 spiro atoms. The lowest BCUT2D eigenvalue weighted by Gasteiger charge is -2.24. The molecule has 0 radical (unpaired) electrons. The Morgan fingerprint density at radius 2 is 1.87 bits per heavy atom. The van der Waals surface area contributed by atoms with Crippen molar-refractivity contribution >= 4 is 57.7 Å². The molecule has 0 saturated carbocycles. The van der Waals surface area contributed by atoms with Crippen LogP contribution < -0.4 is 24.4 Å². The number of hydrogen-bond donors (Lipinski definition) is 0. The molecule has 2 aromatic heterocycles. The van der Waals surface area contributed by atoms with E-state index >= 15 is 0 Å². The molecule has 1 atom stereocenters. The summed E-state index contributed by atoms with van der Waals surface area (Å²) in [6.07, 6.45) is 1.69. The minimum absolute atomic E-state index is 0.0193. The van der Waals surface area contributed by atoms with Crippen LogP contribution in [0.4, 0.5) is 5.69 Å². The van der Waals surface area contributed by atoms with Gasteiger partial charge in [-0.3, -0.25) is 19.5 Å². The van der Waals surface area contributed by atoms with Crippen LogP contribution in [-0.2, 0) is 16.1 Å². The van der Waals surface area contributed by atoms with Gasteiger partial charge in [-0.15, -0.1) is 11.3 Å². The fraction of sp³-hybridized carbons (Fsp3) is 0.147. The second-order valence-electron chi connectivity index (χ2n) is 10.2. The van der Waals surface area contributed by atoms with Crippen LogP contribution in [0.15, 0.2) is 99.6 Å². The number of non-ortho nitro benzene ring substituents is 1. The first-order chi connectivity index (χ1) is 22.8. The summed E-state index contributed by atoms with van der Waals surface area (Å²) in [5, 5.41) is 13.1. The first kappa shape index (κ1) is 31.9. The zero-order chi connectivity index (χ0) is 33.1. The fourth-order valence-electron chi connectivity index (χ4n) is 5.14. The lowest BCUT2D eigenvalue weighted by Crippen LogP contribution is -2.39. The minimum Gasteiger partial charge on any atom is -0.493 e. The molecule has 3 aromatic carbocycles. The van der Waals surface area contributed by atoms with Crippen LogP contribution in [0.3, 0.4) is 0 Å². The van der Waals surface area contributed by atoms with Crippen LogP contribution in [0.25, 0.3) is 11.8 Å². The van der Waals surface area contributed by atoms with Crippen LogP contribution in [0.2, 0.25) is 5.02 Å². The minimum atomic E-state index is -0.740. The molecule has 10 nitrogen and oxygen atoms in total. The molecule has 3 heterocycles. The van der Waals surface area contributed by atoms with Crippen molar-refractivity contribution in [1.29, 1.82) is 0 Å². The second kappa shape index (κ2) is 13.8. The number of nitro groups is 1. The lowest BCUT2D eigenvalue weighted by atomic mass is 9.97. The van der Waals surface area contributed by atoms with Crippen LogP contribution >= 0.6 is 34.3 Å². The van der Waals surface area contributed by atoms with Crippen molar-refractivity contribution < 1.29 is 23.9 Å². The van der Waals surface area contributed by atoms with Crippen molar-refractivity contribution in [2.45, 2.75) is 19.6 Å². The topological polar surface area (TPSA) is 122 Å². The zero-order valence-electron chi connectivity index (χ0n) is 25.0. The molecule has 47 heavy (non-hydrogen) atoms. The third-order valence-corrected chi connectivity index (χ3v) is 9.45. The molecular weight excluding hydrogens is 662 g/mol. The number of fused-ring (bicyclic) bond motifs is 1. The zero-order valence-corrected chi connectivity index (χ0v) is 27.4. The summed E-state index contributed by atoms with van der Waals surface area (Å²) in [5.74, 6) is 0.0879. The Bertz CT molecular complexity index is 2180. The molecule has 13 heteroatoms. The summed E-state index contributed by atoms with van der Waals surface area (Å²) in [5.41, 5.74) is 2.42. The lowest BCUT2D eigenvalue weighted by molar-refractivity contribution is -0.384. The van der Waals surface area contributed by atoms with Crippen molar-refractivity contribution in [2.24, 2.45) is 4.99 Å². The number of benzene rings is 3. The number of ether oxygens (including phenoxy) is 3. The summed E-state index contributed by atoms with van der Waals surface area (Å²) in [7, 11) is 1.48. The Hall–Kier alpha value is -5.04. The van der Waals surface area contributed by atoms with Gasteiger partial charge in [-0.1, -0.05) is 59.3 Å². The highest BCUT2D eigenvalue weighted by Gasteiger charge is 2.35. The second-order valence-corrected chi connectivity index (χ2v) is 12.6. The molecule has 1 aliphatic heterocycles. The van der Waals surface area contributed by atoms with Crippen LogP contribution in [0, 0.1) is 10.1 Å². The number of halogens is 1. The smallest absolute Gasteiger partial charge is 0.338 e. The highest BCUT2D eigenvalue weighted by atomic mass is 35.5. The van der Waals surface area contributed by atoms with E-state index in [4.69, 9.17) is 30.8 Å². The Balaban J connectivity index is 1.43. The maximum atomic E-state index is 14.1. The molecule has 0 amide bonds. The van der Waals surface area contributed by atoms with Gasteiger partial charge in [-0.25, -0.2) is 9.79 Å². The Kier molecular flexibility index (Phi) is 9.34. The van der Waals surface area contributed by atoms with E-state index in [2.05, 4.69) is 0 Å². The van der Waals surface area contributed by atoms with Crippen molar-refractivity contribution in [1.82, 2.24) is 4.57 Å². The summed E-state index contributed by atoms with van der Waals surface area (Å²) in [6.45, 7) is 2.00. The molecule has 0 aliphatic carbocycles. The maximum Gasteiger partial charge on any atom is 0.338 e. The number of nitro benzene ring substituents is 1. The molecule has 5 aromatic rings. The summed E-state index contributed by atoms with van der Waals surface area (Å²) in [6, 6.07) is 21.8. The van der Waals surface area contributed by atoms with Gasteiger partial charge >= 0.3 is 5.97 Å². The van der Waals surface area contributed by atoms with Crippen LogP contribution in [0.1, 0.15) is 34.5 Å². The Labute approximate surface area is 281 Å².